The number of ketones is 1. The molecule has 2 fully saturated rings. The molecule has 0 aromatic heterocycles. The fourth-order valence-electron chi connectivity index (χ4n) is 6.77. The molecule has 5 nitrogen and oxygen atoms in total. The molecule has 2 bridgehead atoms. The highest BCUT2D eigenvalue weighted by molar-refractivity contribution is 7.99. The fraction of sp³-hybridized carbons (Fsp3) is 0.375. The van der Waals surface area contributed by atoms with Gasteiger partial charge in [-0.1, -0.05) is 6.07 Å². The third kappa shape index (κ3) is 2.18. The number of rotatable bonds is 3. The van der Waals surface area contributed by atoms with Crippen LogP contribution in [-0.4, -0.2) is 46.6 Å². The van der Waals surface area contributed by atoms with Crippen LogP contribution in [0.1, 0.15) is 29.2 Å². The summed E-state index contributed by atoms with van der Waals surface area (Å²) in [5, 5.41) is 21.3. The molecule has 1 saturated carbocycles. The highest BCUT2D eigenvalue weighted by Crippen LogP contribution is 2.77. The number of carbonyl (C=O) groups excluding carboxylic acids is 1. The molecule has 7 heteroatoms. The quantitative estimate of drug-likeness (QED) is 0.707. The minimum atomic E-state index is -0.525. The number of likely N-dealkylation sites (tertiary alicyclic amines) is 1. The molecule has 2 aromatic carbocycles. The summed E-state index contributed by atoms with van der Waals surface area (Å²) in [5.74, 6) is -0.147. The van der Waals surface area contributed by atoms with Crippen molar-refractivity contribution in [2.24, 2.45) is 5.92 Å². The molecule has 31 heavy (non-hydrogen) atoms. The number of ether oxygens (including phenoxy) is 1. The Balaban J connectivity index is 1.54. The summed E-state index contributed by atoms with van der Waals surface area (Å²) in [6.45, 7) is 0. The van der Waals surface area contributed by atoms with Gasteiger partial charge in [-0.05, 0) is 55.4 Å². The largest absolute Gasteiger partial charge is 0.504 e. The van der Waals surface area contributed by atoms with Gasteiger partial charge in [-0.25, -0.2) is 4.39 Å². The number of nitrogens with zero attached hydrogens (tertiary/aromatic N) is 1. The number of hydrogen-bond donors (Lipinski definition) is 2. The number of phenols is 2. The summed E-state index contributed by atoms with van der Waals surface area (Å²) in [6, 6.07) is 9.94. The van der Waals surface area contributed by atoms with Crippen molar-refractivity contribution < 1.29 is 24.1 Å². The lowest BCUT2D eigenvalue weighted by molar-refractivity contribution is -0.224. The molecular formula is C24H22FNO4S. The first-order chi connectivity index (χ1) is 14.8. The third-order valence-electron chi connectivity index (χ3n) is 7.91. The van der Waals surface area contributed by atoms with Crippen LogP contribution in [0.3, 0.4) is 0 Å². The van der Waals surface area contributed by atoms with Gasteiger partial charge in [-0.3, -0.25) is 9.69 Å². The van der Waals surface area contributed by atoms with Gasteiger partial charge in [0.25, 0.3) is 0 Å². The lowest BCUT2D eigenvalue weighted by Gasteiger charge is -2.79. The van der Waals surface area contributed by atoms with E-state index in [1.165, 1.54) is 25.3 Å². The summed E-state index contributed by atoms with van der Waals surface area (Å²) in [6.07, 6.45) is 2.92. The molecule has 2 spiro atoms. The van der Waals surface area contributed by atoms with E-state index >= 15 is 0 Å². The van der Waals surface area contributed by atoms with E-state index in [0.717, 1.165) is 10.5 Å². The standard InChI is InChI=1S/C24H22FNO4S/c1-26-19-21(31-13-5-3-12(25)4-6-13)14-7-8-15(27)20(29)18(14)23-9-16(28)17(30-2)10-24(26,11-23)22(19)23/h3-8,10,19,21-22,27,29H,9,11H2,1-2H3/t19-,21+,22+,23+,24?/m0/s1. The summed E-state index contributed by atoms with van der Waals surface area (Å²) in [7, 11) is 3.60. The molecule has 0 amide bonds. The average Bonchev–Trinajstić information content (AvgIpc) is 2.94. The number of carbonyl (C=O) groups is 1. The van der Waals surface area contributed by atoms with E-state index in [1.54, 1.807) is 23.9 Å². The second-order valence-corrected chi connectivity index (χ2v) is 10.3. The maximum Gasteiger partial charge on any atom is 0.197 e. The van der Waals surface area contributed by atoms with Gasteiger partial charge in [-0.2, -0.15) is 0 Å². The minimum Gasteiger partial charge on any atom is -0.504 e. The maximum atomic E-state index is 13.4. The Morgan fingerprint density at radius 3 is 2.65 bits per heavy atom. The zero-order valence-electron chi connectivity index (χ0n) is 17.1. The van der Waals surface area contributed by atoms with Gasteiger partial charge >= 0.3 is 0 Å². The zero-order valence-corrected chi connectivity index (χ0v) is 17.9. The highest BCUT2D eigenvalue weighted by Gasteiger charge is 2.80. The van der Waals surface area contributed by atoms with Gasteiger partial charge in [0.05, 0.1) is 12.4 Å². The van der Waals surface area contributed by atoms with Gasteiger partial charge in [0.2, 0.25) is 0 Å². The number of fused-ring (bicyclic) bond motifs is 3. The van der Waals surface area contributed by atoms with Crippen LogP contribution in [0.4, 0.5) is 4.39 Å². The molecular weight excluding hydrogens is 417 g/mol. The second kappa shape index (κ2) is 6.04. The van der Waals surface area contributed by atoms with Crippen molar-refractivity contribution in [3.8, 4) is 11.5 Å². The van der Waals surface area contributed by atoms with Crippen molar-refractivity contribution in [3.05, 3.63) is 65.2 Å². The second-order valence-electron chi connectivity index (χ2n) is 9.11. The molecule has 1 aliphatic heterocycles. The number of Topliss-reactive ketones (excluding diaryl/α,β-unsaturated/α-hetero) is 1. The molecule has 160 valence electrons. The normalized spacial score (nSPS) is 35.1. The summed E-state index contributed by atoms with van der Waals surface area (Å²) in [5.41, 5.74) is 0.804. The average molecular weight is 440 g/mol. The topological polar surface area (TPSA) is 70.0 Å². The van der Waals surface area contributed by atoms with Crippen molar-refractivity contribution in [1.29, 1.82) is 0 Å². The van der Waals surface area contributed by atoms with Crippen LogP contribution >= 0.6 is 11.8 Å². The highest BCUT2D eigenvalue weighted by atomic mass is 32.2. The van der Waals surface area contributed by atoms with Gasteiger partial charge in [0, 0.05) is 39.8 Å². The molecule has 1 saturated heterocycles. The predicted molar refractivity (Wildman–Crippen MR) is 114 cm³/mol. The Morgan fingerprint density at radius 1 is 1.19 bits per heavy atom. The van der Waals surface area contributed by atoms with Crippen molar-refractivity contribution in [2.45, 2.75) is 40.0 Å². The smallest absolute Gasteiger partial charge is 0.197 e. The van der Waals surface area contributed by atoms with Gasteiger partial charge in [0.1, 0.15) is 5.82 Å². The maximum absolute atomic E-state index is 13.4. The Labute approximate surface area is 183 Å². The molecule has 7 rings (SSSR count). The number of halogens is 1. The van der Waals surface area contributed by atoms with Gasteiger partial charge in [0.15, 0.2) is 23.0 Å². The lowest BCUT2D eigenvalue weighted by atomic mass is 9.36. The molecule has 2 N–H and O–H groups in total. The molecule has 1 unspecified atom stereocenters. The van der Waals surface area contributed by atoms with E-state index in [1.807, 2.05) is 12.1 Å². The number of likely N-dealkylation sites (N-methyl/N-ethyl adjacent to an activating group) is 1. The molecule has 2 aromatic rings. The number of hydrogen-bond acceptors (Lipinski definition) is 6. The zero-order chi connectivity index (χ0) is 21.7. The Morgan fingerprint density at radius 2 is 1.94 bits per heavy atom. The van der Waals surface area contributed by atoms with E-state index in [0.29, 0.717) is 17.7 Å². The SMILES string of the molecule is COC1=CC23C[C@]4(CC1=O)c1c(ccc(O)c1O)[C@@H](Sc1ccc(F)cc1)[C@@H]([C@@H]24)N3C. The predicted octanol–water partition coefficient (Wildman–Crippen LogP) is 3.90. The number of benzene rings is 2. The van der Waals surface area contributed by atoms with E-state index in [2.05, 4.69) is 11.9 Å². The molecule has 4 aliphatic carbocycles. The number of phenolic OH excluding ortho intramolecular Hbond substituents is 2. The lowest BCUT2D eigenvalue weighted by Crippen LogP contribution is -2.86. The first-order valence-corrected chi connectivity index (χ1v) is 11.2. The van der Waals surface area contributed by atoms with Gasteiger partial charge in [-0.15, -0.1) is 11.8 Å². The van der Waals surface area contributed by atoms with Crippen molar-refractivity contribution >= 4 is 17.5 Å². The molecule has 0 radical (unpaired) electrons. The third-order valence-corrected chi connectivity index (χ3v) is 9.24. The van der Waals surface area contributed by atoms with Crippen molar-refractivity contribution in [2.75, 3.05) is 14.2 Å². The number of thioether (sulfide) groups is 1. The minimum absolute atomic E-state index is 0.0314. The van der Waals surface area contributed by atoms with Crippen molar-refractivity contribution in [3.63, 3.8) is 0 Å². The summed E-state index contributed by atoms with van der Waals surface area (Å²) in [4.78, 5) is 16.3. The number of allylic oxidation sites excluding steroid dienone is 1. The van der Waals surface area contributed by atoms with Crippen LogP contribution < -0.4 is 0 Å². The van der Waals surface area contributed by atoms with E-state index < -0.39 is 5.41 Å². The molecule has 1 heterocycles. The monoisotopic (exact) mass is 439 g/mol. The van der Waals surface area contributed by atoms with Crippen LogP contribution in [0, 0.1) is 11.7 Å². The summed E-state index contributed by atoms with van der Waals surface area (Å²) >= 11 is 1.63. The van der Waals surface area contributed by atoms with Crippen molar-refractivity contribution in [1.82, 2.24) is 4.90 Å². The van der Waals surface area contributed by atoms with E-state index in [4.69, 9.17) is 4.74 Å². The molecule has 5 atom stereocenters. The number of aromatic hydroxyl groups is 2. The Bertz CT molecular complexity index is 1160. The first-order valence-electron chi connectivity index (χ1n) is 10.3. The number of methoxy groups -OCH3 is 1. The van der Waals surface area contributed by atoms with Crippen LogP contribution in [0.15, 0.2) is 53.1 Å². The van der Waals surface area contributed by atoms with Gasteiger partial charge < -0.3 is 14.9 Å². The summed E-state index contributed by atoms with van der Waals surface area (Å²) < 4.78 is 18.9. The molecule has 5 aliphatic rings. The van der Waals surface area contributed by atoms with Crippen LogP contribution in [-0.2, 0) is 14.9 Å². The fourth-order valence-corrected chi connectivity index (χ4v) is 8.16. The number of piperidine rings is 1. The van der Waals surface area contributed by atoms with E-state index in [-0.39, 0.29) is 52.3 Å². The van der Waals surface area contributed by atoms with E-state index in [9.17, 15) is 19.4 Å². The Kier molecular flexibility index (Phi) is 3.74. The van der Waals surface area contributed by atoms with Crippen LogP contribution in [0.2, 0.25) is 0 Å². The van der Waals surface area contributed by atoms with Crippen LogP contribution in [0.5, 0.6) is 11.5 Å². The first kappa shape index (κ1) is 19.2. The Hall–Kier alpha value is -2.51. The van der Waals surface area contributed by atoms with Crippen LogP contribution in [0.25, 0.3) is 0 Å².